The van der Waals surface area contributed by atoms with Crippen LogP contribution in [0.3, 0.4) is 0 Å². The lowest BCUT2D eigenvalue weighted by molar-refractivity contribution is -0.137. The minimum Gasteiger partial charge on any atom is -0.372 e. The molecule has 8 heteroatoms. The van der Waals surface area contributed by atoms with Crippen molar-refractivity contribution in [2.75, 3.05) is 36.4 Å². The van der Waals surface area contributed by atoms with E-state index in [9.17, 15) is 18.0 Å². The first-order valence-corrected chi connectivity index (χ1v) is 11.1. The summed E-state index contributed by atoms with van der Waals surface area (Å²) in [6.45, 7) is 10.6. The van der Waals surface area contributed by atoms with Crippen molar-refractivity contribution in [2.45, 2.75) is 39.9 Å². The smallest absolute Gasteiger partial charge is 0.372 e. The van der Waals surface area contributed by atoms with Gasteiger partial charge in [-0.1, -0.05) is 37.6 Å². The second kappa shape index (κ2) is 9.61. The Kier molecular flexibility index (Phi) is 7.28. The number of hydrogen-bond donors (Lipinski definition) is 1. The summed E-state index contributed by atoms with van der Waals surface area (Å²) in [5.41, 5.74) is 3.17. The summed E-state index contributed by atoms with van der Waals surface area (Å²) in [7, 11) is 0. The van der Waals surface area contributed by atoms with Crippen LogP contribution < -0.4 is 10.2 Å². The van der Waals surface area contributed by atoms with Crippen LogP contribution in [0, 0.1) is 19.8 Å². The zero-order valence-corrected chi connectivity index (χ0v) is 19.5. The number of aryl methyl sites for hydroxylation is 1. The van der Waals surface area contributed by atoms with E-state index in [0.717, 1.165) is 25.2 Å². The molecule has 1 aliphatic heterocycles. The number of nitrogens with one attached hydrogen (secondary N) is 1. The largest absolute Gasteiger partial charge is 0.416 e. The minimum absolute atomic E-state index is 0.0574. The molecule has 32 heavy (non-hydrogen) atoms. The Morgan fingerprint density at radius 3 is 2.28 bits per heavy atom. The van der Waals surface area contributed by atoms with Crippen molar-refractivity contribution in [1.29, 1.82) is 0 Å². The first-order valence-electron chi connectivity index (χ1n) is 10.7. The zero-order valence-electron chi connectivity index (χ0n) is 18.8. The van der Waals surface area contributed by atoms with Crippen LogP contribution in [-0.4, -0.2) is 43.0 Å². The summed E-state index contributed by atoms with van der Waals surface area (Å²) in [6.07, 6.45) is -4.47. The van der Waals surface area contributed by atoms with E-state index < -0.39 is 17.8 Å². The average Bonchev–Trinajstić information content (AvgIpc) is 2.73. The summed E-state index contributed by atoms with van der Waals surface area (Å²) in [5, 5.41) is 3.02. The fourth-order valence-electron chi connectivity index (χ4n) is 3.93. The lowest BCUT2D eigenvalue weighted by Gasteiger charge is -2.39. The molecule has 1 heterocycles. The number of benzene rings is 2. The predicted octanol–water partition coefficient (Wildman–Crippen LogP) is 5.76. The number of hydrogen-bond acceptors (Lipinski definition) is 3. The minimum atomic E-state index is -4.47. The van der Waals surface area contributed by atoms with Gasteiger partial charge in [0.2, 0.25) is 5.91 Å². The Hall–Kier alpha value is -2.41. The number of amides is 1. The molecule has 174 valence electrons. The molecule has 3 rings (SSSR count). The lowest BCUT2D eigenvalue weighted by atomic mass is 10.0. The Morgan fingerprint density at radius 2 is 1.72 bits per heavy atom. The Bertz CT molecular complexity index is 969. The van der Waals surface area contributed by atoms with Crippen LogP contribution in [0.15, 0.2) is 36.4 Å². The van der Waals surface area contributed by atoms with Gasteiger partial charge in [-0.05, 0) is 55.2 Å². The molecule has 1 aliphatic rings. The zero-order chi connectivity index (χ0) is 23.6. The number of rotatable bonds is 5. The molecule has 1 saturated heterocycles. The van der Waals surface area contributed by atoms with E-state index in [1.165, 1.54) is 22.9 Å². The molecule has 0 radical (unpaired) electrons. The van der Waals surface area contributed by atoms with Crippen LogP contribution in [0.25, 0.3) is 0 Å². The molecule has 0 bridgehead atoms. The highest BCUT2D eigenvalue weighted by Gasteiger charge is 2.33. The van der Waals surface area contributed by atoms with Crippen molar-refractivity contribution >= 4 is 28.9 Å². The van der Waals surface area contributed by atoms with E-state index in [-0.39, 0.29) is 16.8 Å². The summed E-state index contributed by atoms with van der Waals surface area (Å²) < 4.78 is 38.8. The predicted molar refractivity (Wildman–Crippen MR) is 123 cm³/mol. The van der Waals surface area contributed by atoms with Gasteiger partial charge in [0.05, 0.1) is 16.3 Å². The van der Waals surface area contributed by atoms with Gasteiger partial charge in [-0.25, -0.2) is 0 Å². The number of carbonyl (C=O) groups is 1. The van der Waals surface area contributed by atoms with Gasteiger partial charge in [0.25, 0.3) is 0 Å². The van der Waals surface area contributed by atoms with Gasteiger partial charge >= 0.3 is 6.18 Å². The SMILES string of the molecule is Cc1cccc(N2CCN(C(=O)C(Nc3ccc(C(F)(F)F)cc3Cl)C(C)C)CC2)c1C. The topological polar surface area (TPSA) is 35.6 Å². The normalized spacial score (nSPS) is 15.8. The van der Waals surface area contributed by atoms with Crippen molar-refractivity contribution in [3.05, 3.63) is 58.1 Å². The van der Waals surface area contributed by atoms with Crippen molar-refractivity contribution in [3.8, 4) is 0 Å². The highest BCUT2D eigenvalue weighted by atomic mass is 35.5. The maximum Gasteiger partial charge on any atom is 0.416 e. The van der Waals surface area contributed by atoms with Crippen molar-refractivity contribution < 1.29 is 18.0 Å². The molecule has 1 unspecified atom stereocenters. The maximum absolute atomic E-state index is 13.3. The number of carbonyl (C=O) groups excluding carboxylic acids is 1. The van der Waals surface area contributed by atoms with Gasteiger partial charge in [-0.2, -0.15) is 13.2 Å². The molecule has 0 spiro atoms. The summed E-state index contributed by atoms with van der Waals surface area (Å²) in [6, 6.07) is 8.78. The van der Waals surface area contributed by atoms with Crippen molar-refractivity contribution in [1.82, 2.24) is 4.90 Å². The average molecular weight is 468 g/mol. The van der Waals surface area contributed by atoms with Crippen LogP contribution in [0.2, 0.25) is 5.02 Å². The Morgan fingerprint density at radius 1 is 1.06 bits per heavy atom. The van der Waals surface area contributed by atoms with Gasteiger partial charge in [0, 0.05) is 31.9 Å². The molecule has 4 nitrogen and oxygen atoms in total. The molecule has 1 N–H and O–H groups in total. The van der Waals surface area contributed by atoms with Crippen LogP contribution in [0.5, 0.6) is 0 Å². The number of piperazine rings is 1. The molecule has 1 fully saturated rings. The number of anilines is 2. The molecule has 1 atom stereocenters. The van der Waals surface area contributed by atoms with E-state index in [4.69, 9.17) is 11.6 Å². The second-order valence-electron chi connectivity index (χ2n) is 8.59. The quantitative estimate of drug-likeness (QED) is 0.607. The van der Waals surface area contributed by atoms with Crippen LogP contribution in [0.4, 0.5) is 24.5 Å². The van der Waals surface area contributed by atoms with E-state index in [1.54, 1.807) is 0 Å². The van der Waals surface area contributed by atoms with E-state index >= 15 is 0 Å². The Labute approximate surface area is 192 Å². The molecule has 0 aromatic heterocycles. The van der Waals surface area contributed by atoms with Crippen molar-refractivity contribution in [2.24, 2.45) is 5.92 Å². The van der Waals surface area contributed by atoms with Crippen molar-refractivity contribution in [3.63, 3.8) is 0 Å². The van der Waals surface area contributed by atoms with Gasteiger partial charge in [-0.15, -0.1) is 0 Å². The van der Waals surface area contributed by atoms with E-state index in [0.29, 0.717) is 18.8 Å². The molecule has 2 aromatic carbocycles. The van der Waals surface area contributed by atoms with Gasteiger partial charge in [0.1, 0.15) is 6.04 Å². The third-order valence-electron chi connectivity index (χ3n) is 6.05. The summed E-state index contributed by atoms with van der Waals surface area (Å²) >= 11 is 6.10. The maximum atomic E-state index is 13.3. The number of alkyl halides is 3. The summed E-state index contributed by atoms with van der Waals surface area (Å²) in [5.74, 6) is -0.144. The number of halogens is 4. The molecule has 0 saturated carbocycles. The van der Waals surface area contributed by atoms with Gasteiger partial charge < -0.3 is 15.1 Å². The molecular weight excluding hydrogens is 439 g/mol. The number of nitrogens with zero attached hydrogens (tertiary/aromatic N) is 2. The Balaban J connectivity index is 1.69. The first kappa shape index (κ1) is 24.2. The highest BCUT2D eigenvalue weighted by molar-refractivity contribution is 6.33. The second-order valence-corrected chi connectivity index (χ2v) is 9.00. The fraction of sp³-hybridized carbons (Fsp3) is 0.458. The molecular formula is C24H29ClF3N3O. The lowest BCUT2D eigenvalue weighted by Crippen LogP contribution is -2.54. The highest BCUT2D eigenvalue weighted by Crippen LogP contribution is 2.34. The first-order chi connectivity index (χ1) is 15.0. The molecule has 1 amide bonds. The standard InChI is InChI=1S/C24H29ClF3N3O/c1-15(2)22(29-20-9-8-18(14-19(20)25)24(26,27)28)23(32)31-12-10-30(11-13-31)21-7-5-6-16(3)17(21)4/h5-9,14-15,22,29H,10-13H2,1-4H3. The third kappa shape index (κ3) is 5.31. The van der Waals surface area contributed by atoms with Gasteiger partial charge in [0.15, 0.2) is 0 Å². The van der Waals surface area contributed by atoms with Crippen LogP contribution in [-0.2, 0) is 11.0 Å². The molecule has 0 aliphatic carbocycles. The third-order valence-corrected chi connectivity index (χ3v) is 6.36. The van der Waals surface area contributed by atoms with E-state index in [1.807, 2.05) is 24.8 Å². The van der Waals surface area contributed by atoms with E-state index in [2.05, 4.69) is 36.2 Å². The molecule has 2 aromatic rings. The fourth-order valence-corrected chi connectivity index (χ4v) is 4.17. The van der Waals surface area contributed by atoms with Crippen LogP contribution in [0.1, 0.15) is 30.5 Å². The van der Waals surface area contributed by atoms with Crippen LogP contribution >= 0.6 is 11.6 Å². The summed E-state index contributed by atoms with van der Waals surface area (Å²) in [4.78, 5) is 17.4. The van der Waals surface area contributed by atoms with Gasteiger partial charge in [-0.3, -0.25) is 4.79 Å². The monoisotopic (exact) mass is 467 g/mol.